The van der Waals surface area contributed by atoms with Gasteiger partial charge in [0, 0.05) is 19.8 Å². The molecule has 0 saturated heterocycles. The highest BCUT2D eigenvalue weighted by molar-refractivity contribution is 7.89. The Labute approximate surface area is 130 Å². The maximum atomic E-state index is 12.0. The van der Waals surface area contributed by atoms with Crippen molar-refractivity contribution in [1.29, 1.82) is 5.26 Å². The third-order valence-electron chi connectivity index (χ3n) is 2.77. The first kappa shape index (κ1) is 17.9. The van der Waals surface area contributed by atoms with Gasteiger partial charge in [0.15, 0.2) is 0 Å². The van der Waals surface area contributed by atoms with Gasteiger partial charge in [0.1, 0.15) is 6.07 Å². The lowest BCUT2D eigenvalue weighted by molar-refractivity contribution is 0.130. The first-order valence-corrected chi connectivity index (χ1v) is 8.64. The van der Waals surface area contributed by atoms with Gasteiger partial charge < -0.3 is 4.74 Å². The molecule has 1 aromatic carbocycles. The Hall–Kier alpha value is -1.13. The fourth-order valence-electron chi connectivity index (χ4n) is 1.57. The van der Waals surface area contributed by atoms with Crippen LogP contribution in [0.1, 0.15) is 31.7 Å². The second-order valence-corrected chi connectivity index (χ2v) is 6.64. The van der Waals surface area contributed by atoms with E-state index in [9.17, 15) is 8.42 Å². The standard InChI is InChI=1S/C14H19ClN2O3S/c1-2-3-8-20-9-4-7-17-21(18,19)13-6-5-12(11-16)14(15)10-13/h5-6,10,17H,2-4,7-9H2,1H3. The van der Waals surface area contributed by atoms with Crippen molar-refractivity contribution < 1.29 is 13.2 Å². The highest BCUT2D eigenvalue weighted by Gasteiger charge is 2.14. The average Bonchev–Trinajstić information content (AvgIpc) is 2.46. The lowest BCUT2D eigenvalue weighted by Crippen LogP contribution is -2.25. The van der Waals surface area contributed by atoms with Crippen molar-refractivity contribution in [2.24, 2.45) is 0 Å². The fraction of sp³-hybridized carbons (Fsp3) is 0.500. The molecule has 1 aromatic rings. The monoisotopic (exact) mass is 330 g/mol. The quantitative estimate of drug-likeness (QED) is 0.706. The van der Waals surface area contributed by atoms with E-state index in [0.29, 0.717) is 26.2 Å². The van der Waals surface area contributed by atoms with Crippen LogP contribution < -0.4 is 4.72 Å². The lowest BCUT2D eigenvalue weighted by Gasteiger charge is -2.08. The summed E-state index contributed by atoms with van der Waals surface area (Å²) >= 11 is 5.83. The zero-order chi connectivity index (χ0) is 15.7. The number of nitriles is 1. The lowest BCUT2D eigenvalue weighted by atomic mass is 10.2. The minimum absolute atomic E-state index is 0.0541. The molecule has 0 radical (unpaired) electrons. The zero-order valence-electron chi connectivity index (χ0n) is 11.9. The highest BCUT2D eigenvalue weighted by Crippen LogP contribution is 2.19. The molecule has 1 rings (SSSR count). The van der Waals surface area contributed by atoms with Crippen LogP contribution in [-0.2, 0) is 14.8 Å². The largest absolute Gasteiger partial charge is 0.381 e. The van der Waals surface area contributed by atoms with Crippen molar-refractivity contribution in [3.63, 3.8) is 0 Å². The van der Waals surface area contributed by atoms with E-state index in [0.717, 1.165) is 12.8 Å². The molecule has 7 heteroatoms. The average molecular weight is 331 g/mol. The van der Waals surface area contributed by atoms with Crippen LogP contribution in [-0.4, -0.2) is 28.2 Å². The number of benzene rings is 1. The molecule has 0 aliphatic heterocycles. The summed E-state index contributed by atoms with van der Waals surface area (Å²) in [6.07, 6.45) is 2.69. The molecular weight excluding hydrogens is 312 g/mol. The van der Waals surface area contributed by atoms with Crippen molar-refractivity contribution in [3.05, 3.63) is 28.8 Å². The van der Waals surface area contributed by atoms with Gasteiger partial charge in [0.2, 0.25) is 10.0 Å². The molecule has 1 N–H and O–H groups in total. The summed E-state index contributed by atoms with van der Waals surface area (Å²) < 4.78 is 31.9. The van der Waals surface area contributed by atoms with E-state index in [4.69, 9.17) is 21.6 Å². The van der Waals surface area contributed by atoms with Crippen LogP contribution in [0.15, 0.2) is 23.1 Å². The third kappa shape index (κ3) is 6.02. The minimum atomic E-state index is -3.60. The van der Waals surface area contributed by atoms with Gasteiger partial charge >= 0.3 is 0 Å². The van der Waals surface area contributed by atoms with Gasteiger partial charge in [0.05, 0.1) is 15.5 Å². The summed E-state index contributed by atoms with van der Waals surface area (Å²) in [5.74, 6) is 0. The van der Waals surface area contributed by atoms with Crippen molar-refractivity contribution in [2.75, 3.05) is 19.8 Å². The molecule has 0 spiro atoms. The van der Waals surface area contributed by atoms with E-state index in [1.165, 1.54) is 18.2 Å². The third-order valence-corrected chi connectivity index (χ3v) is 4.54. The second-order valence-electron chi connectivity index (χ2n) is 4.47. The fourth-order valence-corrected chi connectivity index (χ4v) is 2.95. The van der Waals surface area contributed by atoms with Crippen LogP contribution in [0, 0.1) is 11.3 Å². The van der Waals surface area contributed by atoms with E-state index < -0.39 is 10.0 Å². The number of nitrogens with one attached hydrogen (secondary N) is 1. The molecule has 0 saturated carbocycles. The van der Waals surface area contributed by atoms with E-state index in [1.54, 1.807) is 0 Å². The van der Waals surface area contributed by atoms with E-state index in [2.05, 4.69) is 11.6 Å². The van der Waals surface area contributed by atoms with E-state index >= 15 is 0 Å². The van der Waals surface area contributed by atoms with Gasteiger partial charge in [0.25, 0.3) is 0 Å². The minimum Gasteiger partial charge on any atom is -0.381 e. The first-order chi connectivity index (χ1) is 10.0. The number of sulfonamides is 1. The van der Waals surface area contributed by atoms with E-state index in [-0.39, 0.29) is 15.5 Å². The molecular formula is C14H19ClN2O3S. The molecule has 0 heterocycles. The number of hydrogen-bond donors (Lipinski definition) is 1. The van der Waals surface area contributed by atoms with Crippen LogP contribution in [0.3, 0.4) is 0 Å². The van der Waals surface area contributed by atoms with Gasteiger partial charge in [-0.2, -0.15) is 5.26 Å². The molecule has 5 nitrogen and oxygen atoms in total. The van der Waals surface area contributed by atoms with Crippen LogP contribution in [0.2, 0.25) is 5.02 Å². The van der Waals surface area contributed by atoms with Crippen molar-refractivity contribution in [2.45, 2.75) is 31.1 Å². The van der Waals surface area contributed by atoms with E-state index in [1.807, 2.05) is 6.07 Å². The van der Waals surface area contributed by atoms with Crippen LogP contribution >= 0.6 is 11.6 Å². The molecule has 0 amide bonds. The summed E-state index contributed by atoms with van der Waals surface area (Å²) in [6, 6.07) is 5.92. The molecule has 21 heavy (non-hydrogen) atoms. The summed E-state index contributed by atoms with van der Waals surface area (Å²) in [4.78, 5) is 0.0541. The predicted octanol–water partition coefficient (Wildman–Crippen LogP) is 2.70. The summed E-state index contributed by atoms with van der Waals surface area (Å²) in [5, 5.41) is 8.89. The number of nitrogens with zero attached hydrogens (tertiary/aromatic N) is 1. The maximum absolute atomic E-state index is 12.0. The van der Waals surface area contributed by atoms with Crippen molar-refractivity contribution >= 4 is 21.6 Å². The van der Waals surface area contributed by atoms with Gasteiger partial charge in [-0.3, -0.25) is 0 Å². The van der Waals surface area contributed by atoms with Crippen LogP contribution in [0.4, 0.5) is 0 Å². The number of unbranched alkanes of at least 4 members (excludes halogenated alkanes) is 1. The van der Waals surface area contributed by atoms with Gasteiger partial charge in [-0.1, -0.05) is 24.9 Å². The molecule has 0 aliphatic rings. The summed E-state index contributed by atoms with van der Waals surface area (Å²) in [7, 11) is -3.60. The molecule has 0 bridgehead atoms. The SMILES string of the molecule is CCCCOCCCNS(=O)(=O)c1ccc(C#N)c(Cl)c1. The Balaban J connectivity index is 2.47. The van der Waals surface area contributed by atoms with Crippen molar-refractivity contribution in [3.8, 4) is 6.07 Å². The maximum Gasteiger partial charge on any atom is 0.240 e. The number of ether oxygens (including phenoxy) is 1. The zero-order valence-corrected chi connectivity index (χ0v) is 13.5. The highest BCUT2D eigenvalue weighted by atomic mass is 35.5. The first-order valence-electron chi connectivity index (χ1n) is 6.78. The topological polar surface area (TPSA) is 79.2 Å². The summed E-state index contributed by atoms with van der Waals surface area (Å²) in [6.45, 7) is 3.61. The predicted molar refractivity (Wildman–Crippen MR) is 81.7 cm³/mol. The molecule has 0 aliphatic carbocycles. The molecule has 0 fully saturated rings. The Kier molecular flexibility index (Phi) is 7.68. The summed E-state index contributed by atoms with van der Waals surface area (Å²) in [5.41, 5.74) is 0.250. The number of hydrogen-bond acceptors (Lipinski definition) is 4. The normalized spacial score (nSPS) is 11.3. The Morgan fingerprint density at radius 2 is 2.05 bits per heavy atom. The smallest absolute Gasteiger partial charge is 0.240 e. The molecule has 116 valence electrons. The number of halogens is 1. The van der Waals surface area contributed by atoms with Crippen LogP contribution in [0.25, 0.3) is 0 Å². The van der Waals surface area contributed by atoms with Gasteiger partial charge in [-0.05, 0) is 31.0 Å². The Morgan fingerprint density at radius 3 is 2.67 bits per heavy atom. The molecule has 0 atom stereocenters. The number of rotatable bonds is 9. The van der Waals surface area contributed by atoms with Gasteiger partial charge in [-0.15, -0.1) is 0 Å². The van der Waals surface area contributed by atoms with Crippen LogP contribution in [0.5, 0.6) is 0 Å². The Bertz CT molecular complexity index is 597. The van der Waals surface area contributed by atoms with Crippen molar-refractivity contribution in [1.82, 2.24) is 4.72 Å². The van der Waals surface area contributed by atoms with Gasteiger partial charge in [-0.25, -0.2) is 13.1 Å². The molecule has 0 aromatic heterocycles. The Morgan fingerprint density at radius 1 is 1.33 bits per heavy atom. The molecule has 0 unspecified atom stereocenters. The second kappa shape index (κ2) is 9.00.